The van der Waals surface area contributed by atoms with Crippen LogP contribution in [0.5, 0.6) is 0 Å². The van der Waals surface area contributed by atoms with Crippen LogP contribution in [0.1, 0.15) is 23.8 Å². The van der Waals surface area contributed by atoms with Crippen LogP contribution in [0, 0.1) is 0 Å². The first-order valence-corrected chi connectivity index (χ1v) is 9.74. The van der Waals surface area contributed by atoms with Crippen LogP contribution in [-0.4, -0.2) is 47.5 Å². The molecule has 0 saturated carbocycles. The van der Waals surface area contributed by atoms with Crippen LogP contribution < -0.4 is 5.32 Å². The lowest BCUT2D eigenvalue weighted by Crippen LogP contribution is -2.43. The molecule has 2 heterocycles. The second kappa shape index (κ2) is 9.12. The van der Waals surface area contributed by atoms with Gasteiger partial charge in [-0.2, -0.15) is 0 Å². The summed E-state index contributed by atoms with van der Waals surface area (Å²) < 4.78 is 5.63. The molecule has 0 radical (unpaired) electrons. The zero-order valence-corrected chi connectivity index (χ0v) is 15.7. The fourth-order valence-electron chi connectivity index (χ4n) is 2.81. The van der Waals surface area contributed by atoms with E-state index in [-0.39, 0.29) is 24.5 Å². The molecule has 1 N–H and O–H groups in total. The standard InChI is InChI=1S/C18H20ClN3O3S/c19-16(13-5-2-1-3-6-13)17(24)22(11-14-7-4-9-25-14)12-15(23)21-18-20-8-10-26-18/h1-3,5-6,8,10,14,16H,4,7,9,11-12H2,(H,20,21,23). The third-order valence-electron chi connectivity index (χ3n) is 4.08. The highest BCUT2D eigenvalue weighted by atomic mass is 35.5. The molecule has 0 aliphatic carbocycles. The van der Waals surface area contributed by atoms with Gasteiger partial charge in [0.2, 0.25) is 11.8 Å². The molecule has 3 rings (SSSR count). The smallest absolute Gasteiger partial charge is 0.245 e. The summed E-state index contributed by atoms with van der Waals surface area (Å²) in [4.78, 5) is 30.8. The minimum Gasteiger partial charge on any atom is -0.376 e. The molecule has 138 valence electrons. The van der Waals surface area contributed by atoms with Crippen molar-refractivity contribution in [3.63, 3.8) is 0 Å². The van der Waals surface area contributed by atoms with Gasteiger partial charge < -0.3 is 15.0 Å². The van der Waals surface area contributed by atoms with E-state index in [1.165, 1.54) is 16.2 Å². The van der Waals surface area contributed by atoms with Crippen molar-refractivity contribution in [3.8, 4) is 0 Å². The summed E-state index contributed by atoms with van der Waals surface area (Å²) >= 11 is 7.71. The third kappa shape index (κ3) is 5.03. The van der Waals surface area contributed by atoms with Crippen molar-refractivity contribution in [2.45, 2.75) is 24.3 Å². The molecule has 1 fully saturated rings. The number of rotatable bonds is 7. The molecule has 6 nitrogen and oxygen atoms in total. The highest BCUT2D eigenvalue weighted by Gasteiger charge is 2.29. The SMILES string of the molecule is O=C(CN(CC1CCCO1)C(=O)C(Cl)c1ccccc1)Nc1nccs1. The lowest BCUT2D eigenvalue weighted by molar-refractivity contribution is -0.136. The average Bonchev–Trinajstić information content (AvgIpc) is 3.35. The predicted molar refractivity (Wildman–Crippen MR) is 101 cm³/mol. The number of ether oxygens (including phenoxy) is 1. The van der Waals surface area contributed by atoms with Crippen LogP contribution in [0.4, 0.5) is 5.13 Å². The van der Waals surface area contributed by atoms with Crippen molar-refractivity contribution in [1.82, 2.24) is 9.88 Å². The summed E-state index contributed by atoms with van der Waals surface area (Å²) in [5, 5.41) is 4.14. The Morgan fingerprint density at radius 1 is 1.38 bits per heavy atom. The molecule has 2 unspecified atom stereocenters. The minimum atomic E-state index is -0.842. The van der Waals surface area contributed by atoms with Crippen molar-refractivity contribution in [1.29, 1.82) is 0 Å². The highest BCUT2D eigenvalue weighted by molar-refractivity contribution is 7.13. The number of alkyl halides is 1. The number of halogens is 1. The molecule has 1 aromatic heterocycles. The number of carbonyl (C=O) groups excluding carboxylic acids is 2. The molecule has 1 aliphatic rings. The summed E-state index contributed by atoms with van der Waals surface area (Å²) in [7, 11) is 0. The summed E-state index contributed by atoms with van der Waals surface area (Å²) in [6, 6.07) is 9.13. The molecule has 2 amide bonds. The maximum atomic E-state index is 12.9. The zero-order chi connectivity index (χ0) is 18.4. The van der Waals surface area contributed by atoms with Gasteiger partial charge in [-0.05, 0) is 18.4 Å². The third-order valence-corrected chi connectivity index (χ3v) is 5.21. The molecule has 1 aromatic carbocycles. The van der Waals surface area contributed by atoms with Gasteiger partial charge >= 0.3 is 0 Å². The van der Waals surface area contributed by atoms with Crippen LogP contribution in [0.2, 0.25) is 0 Å². The quantitative estimate of drug-likeness (QED) is 0.734. The Balaban J connectivity index is 1.69. The normalized spacial score (nSPS) is 17.7. The van der Waals surface area contributed by atoms with E-state index in [4.69, 9.17) is 16.3 Å². The molecule has 1 aliphatic heterocycles. The van der Waals surface area contributed by atoms with Gasteiger partial charge in [-0.25, -0.2) is 4.98 Å². The van der Waals surface area contributed by atoms with Crippen LogP contribution in [0.25, 0.3) is 0 Å². The van der Waals surface area contributed by atoms with Crippen molar-refractivity contribution < 1.29 is 14.3 Å². The van der Waals surface area contributed by atoms with E-state index in [9.17, 15) is 9.59 Å². The van der Waals surface area contributed by atoms with E-state index in [1.54, 1.807) is 23.7 Å². The molecule has 26 heavy (non-hydrogen) atoms. The predicted octanol–water partition coefficient (Wildman–Crippen LogP) is 3.07. The first-order chi connectivity index (χ1) is 12.6. The van der Waals surface area contributed by atoms with Gasteiger partial charge in [0, 0.05) is 24.7 Å². The van der Waals surface area contributed by atoms with E-state index < -0.39 is 5.38 Å². The Morgan fingerprint density at radius 3 is 2.85 bits per heavy atom. The van der Waals surface area contributed by atoms with E-state index in [2.05, 4.69) is 10.3 Å². The second-order valence-corrected chi connectivity index (χ2v) is 7.34. The minimum absolute atomic E-state index is 0.0637. The molecular weight excluding hydrogens is 374 g/mol. The summed E-state index contributed by atoms with van der Waals surface area (Å²) in [5.74, 6) is -0.606. The fourth-order valence-corrected chi connectivity index (χ4v) is 3.64. The van der Waals surface area contributed by atoms with Gasteiger partial charge in [0.05, 0.1) is 6.10 Å². The monoisotopic (exact) mass is 393 g/mol. The lowest BCUT2D eigenvalue weighted by atomic mass is 10.1. The number of thiazole rings is 1. The number of benzene rings is 1. The Hall–Kier alpha value is -1.96. The van der Waals surface area contributed by atoms with Crippen LogP contribution in [0.15, 0.2) is 41.9 Å². The lowest BCUT2D eigenvalue weighted by Gasteiger charge is -2.27. The zero-order valence-electron chi connectivity index (χ0n) is 14.1. The van der Waals surface area contributed by atoms with Gasteiger partial charge in [-0.15, -0.1) is 22.9 Å². The molecule has 8 heteroatoms. The van der Waals surface area contributed by atoms with Gasteiger partial charge in [0.25, 0.3) is 0 Å². The van der Waals surface area contributed by atoms with Crippen molar-refractivity contribution >= 4 is 39.9 Å². The van der Waals surface area contributed by atoms with Gasteiger partial charge in [-0.1, -0.05) is 30.3 Å². The molecule has 2 atom stereocenters. The molecular formula is C18H20ClN3O3S. The fraction of sp³-hybridized carbons (Fsp3) is 0.389. The molecule has 1 saturated heterocycles. The Labute approximate surface area is 161 Å². The maximum Gasteiger partial charge on any atom is 0.245 e. The number of nitrogens with one attached hydrogen (secondary N) is 1. The number of hydrogen-bond acceptors (Lipinski definition) is 5. The number of aromatic nitrogens is 1. The average molecular weight is 394 g/mol. The van der Waals surface area contributed by atoms with Crippen LogP contribution in [0.3, 0.4) is 0 Å². The number of anilines is 1. The topological polar surface area (TPSA) is 71.5 Å². The van der Waals surface area contributed by atoms with E-state index >= 15 is 0 Å². The molecule has 0 spiro atoms. The second-order valence-electron chi connectivity index (χ2n) is 6.01. The molecule has 2 aromatic rings. The summed E-state index contributed by atoms with van der Waals surface area (Å²) in [5.41, 5.74) is 0.705. The summed E-state index contributed by atoms with van der Waals surface area (Å²) in [6.45, 7) is 0.940. The van der Waals surface area contributed by atoms with Crippen molar-refractivity contribution in [2.24, 2.45) is 0 Å². The Morgan fingerprint density at radius 2 is 2.19 bits per heavy atom. The van der Waals surface area contributed by atoms with E-state index in [0.29, 0.717) is 23.8 Å². The van der Waals surface area contributed by atoms with Gasteiger partial charge in [0.1, 0.15) is 11.9 Å². The Bertz CT molecular complexity index is 721. The first-order valence-electron chi connectivity index (χ1n) is 8.42. The number of amides is 2. The van der Waals surface area contributed by atoms with Crippen LogP contribution in [-0.2, 0) is 14.3 Å². The van der Waals surface area contributed by atoms with E-state index in [1.807, 2.05) is 18.2 Å². The number of hydrogen-bond donors (Lipinski definition) is 1. The van der Waals surface area contributed by atoms with Crippen LogP contribution >= 0.6 is 22.9 Å². The Kier molecular flexibility index (Phi) is 6.60. The molecule has 0 bridgehead atoms. The van der Waals surface area contributed by atoms with Crippen molar-refractivity contribution in [3.05, 3.63) is 47.5 Å². The van der Waals surface area contributed by atoms with Gasteiger partial charge in [-0.3, -0.25) is 9.59 Å². The highest BCUT2D eigenvalue weighted by Crippen LogP contribution is 2.24. The number of nitrogens with zero attached hydrogens (tertiary/aromatic N) is 2. The van der Waals surface area contributed by atoms with E-state index in [0.717, 1.165) is 12.8 Å². The van der Waals surface area contributed by atoms with Crippen molar-refractivity contribution in [2.75, 3.05) is 25.0 Å². The summed E-state index contributed by atoms with van der Waals surface area (Å²) in [6.07, 6.45) is 3.38. The largest absolute Gasteiger partial charge is 0.376 e. The first kappa shape index (κ1) is 18.8. The van der Waals surface area contributed by atoms with Gasteiger partial charge in [0.15, 0.2) is 5.13 Å². The number of carbonyl (C=O) groups is 2. The maximum absolute atomic E-state index is 12.9.